The van der Waals surface area contributed by atoms with E-state index in [0.717, 1.165) is 25.6 Å². The number of esters is 1. The molecule has 17 heavy (non-hydrogen) atoms. The smallest absolute Gasteiger partial charge is 0.325 e. The Kier molecular flexibility index (Phi) is 5.40. The second-order valence-electron chi connectivity index (χ2n) is 5.54. The summed E-state index contributed by atoms with van der Waals surface area (Å²) in [6, 6.07) is 0. The Balaban J connectivity index is 2.36. The SMILES string of the molecule is COC(=O)C(C)(N)CCN1CCCC(C)CC1. The topological polar surface area (TPSA) is 55.6 Å². The van der Waals surface area contributed by atoms with Crippen molar-refractivity contribution in [1.82, 2.24) is 4.90 Å². The van der Waals surface area contributed by atoms with Gasteiger partial charge in [0.25, 0.3) is 0 Å². The van der Waals surface area contributed by atoms with Crippen molar-refractivity contribution >= 4 is 5.97 Å². The summed E-state index contributed by atoms with van der Waals surface area (Å²) in [5.41, 5.74) is 5.10. The number of nitrogens with zero attached hydrogens (tertiary/aromatic N) is 1. The molecule has 0 radical (unpaired) electrons. The number of carbonyl (C=O) groups is 1. The second-order valence-corrected chi connectivity index (χ2v) is 5.54. The molecule has 1 saturated heterocycles. The lowest BCUT2D eigenvalue weighted by atomic mass is 9.99. The van der Waals surface area contributed by atoms with Crippen molar-refractivity contribution in [3.63, 3.8) is 0 Å². The van der Waals surface area contributed by atoms with Gasteiger partial charge in [-0.05, 0) is 51.6 Å². The Labute approximate surface area is 104 Å². The zero-order valence-electron chi connectivity index (χ0n) is 11.4. The van der Waals surface area contributed by atoms with E-state index in [1.165, 1.54) is 26.4 Å². The summed E-state index contributed by atoms with van der Waals surface area (Å²) >= 11 is 0. The number of carbonyl (C=O) groups excluding carboxylic acids is 1. The molecule has 0 aliphatic carbocycles. The van der Waals surface area contributed by atoms with Crippen LogP contribution < -0.4 is 5.73 Å². The van der Waals surface area contributed by atoms with Crippen LogP contribution in [0, 0.1) is 5.92 Å². The summed E-state index contributed by atoms with van der Waals surface area (Å²) in [5.74, 6) is 0.505. The summed E-state index contributed by atoms with van der Waals surface area (Å²) in [5, 5.41) is 0. The molecule has 1 fully saturated rings. The van der Waals surface area contributed by atoms with Crippen LogP contribution >= 0.6 is 0 Å². The van der Waals surface area contributed by atoms with Crippen LogP contribution in [0.4, 0.5) is 0 Å². The molecule has 1 heterocycles. The van der Waals surface area contributed by atoms with Crippen LogP contribution in [-0.2, 0) is 9.53 Å². The number of ether oxygens (including phenoxy) is 1. The van der Waals surface area contributed by atoms with Gasteiger partial charge in [-0.1, -0.05) is 6.92 Å². The Hall–Kier alpha value is -0.610. The molecule has 1 aliphatic heterocycles. The predicted octanol–water partition coefficient (Wildman–Crippen LogP) is 1.39. The molecule has 2 unspecified atom stereocenters. The van der Waals surface area contributed by atoms with E-state index in [2.05, 4.69) is 11.8 Å². The van der Waals surface area contributed by atoms with Gasteiger partial charge in [0.1, 0.15) is 5.54 Å². The first-order valence-electron chi connectivity index (χ1n) is 6.55. The van der Waals surface area contributed by atoms with Crippen molar-refractivity contribution in [2.24, 2.45) is 11.7 Å². The largest absolute Gasteiger partial charge is 0.468 e. The molecular formula is C13H26N2O2. The maximum atomic E-state index is 11.5. The molecule has 0 amide bonds. The van der Waals surface area contributed by atoms with E-state index < -0.39 is 5.54 Å². The molecule has 1 aliphatic rings. The van der Waals surface area contributed by atoms with Gasteiger partial charge in [-0.2, -0.15) is 0 Å². The van der Waals surface area contributed by atoms with E-state index in [9.17, 15) is 4.79 Å². The molecular weight excluding hydrogens is 216 g/mol. The molecule has 0 aromatic rings. The molecule has 0 bridgehead atoms. The quantitative estimate of drug-likeness (QED) is 0.757. The van der Waals surface area contributed by atoms with E-state index in [1.807, 2.05) is 0 Å². The van der Waals surface area contributed by atoms with Crippen LogP contribution in [0.25, 0.3) is 0 Å². The van der Waals surface area contributed by atoms with Gasteiger partial charge >= 0.3 is 5.97 Å². The fraction of sp³-hybridized carbons (Fsp3) is 0.923. The van der Waals surface area contributed by atoms with Crippen molar-refractivity contribution in [3.05, 3.63) is 0 Å². The number of methoxy groups -OCH3 is 1. The summed E-state index contributed by atoms with van der Waals surface area (Å²) in [7, 11) is 1.39. The van der Waals surface area contributed by atoms with Crippen LogP contribution in [0.3, 0.4) is 0 Å². The molecule has 0 aromatic heterocycles. The number of hydrogen-bond donors (Lipinski definition) is 1. The standard InChI is InChI=1S/C13H26N2O2/c1-11-5-4-8-15(9-6-11)10-7-13(2,14)12(16)17-3/h11H,4-10,14H2,1-3H3. The lowest BCUT2D eigenvalue weighted by Crippen LogP contribution is -2.48. The Bertz CT molecular complexity index is 254. The number of likely N-dealkylation sites (tertiary alicyclic amines) is 1. The zero-order valence-corrected chi connectivity index (χ0v) is 11.4. The molecule has 4 heteroatoms. The Morgan fingerprint density at radius 2 is 2.18 bits per heavy atom. The van der Waals surface area contributed by atoms with Gasteiger partial charge < -0.3 is 15.4 Å². The minimum absolute atomic E-state index is 0.319. The highest BCUT2D eigenvalue weighted by Gasteiger charge is 2.29. The van der Waals surface area contributed by atoms with Crippen molar-refractivity contribution < 1.29 is 9.53 Å². The number of rotatable bonds is 4. The minimum atomic E-state index is -0.854. The van der Waals surface area contributed by atoms with Gasteiger partial charge in [0, 0.05) is 6.54 Å². The third-order valence-electron chi connectivity index (χ3n) is 3.71. The first-order chi connectivity index (χ1) is 7.95. The van der Waals surface area contributed by atoms with E-state index in [-0.39, 0.29) is 5.97 Å². The summed E-state index contributed by atoms with van der Waals surface area (Å²) < 4.78 is 4.71. The summed E-state index contributed by atoms with van der Waals surface area (Å²) in [6.45, 7) is 7.19. The first kappa shape index (κ1) is 14.5. The lowest BCUT2D eigenvalue weighted by molar-refractivity contribution is -0.146. The molecule has 1 rings (SSSR count). The maximum Gasteiger partial charge on any atom is 0.325 e. The molecule has 2 N–H and O–H groups in total. The minimum Gasteiger partial charge on any atom is -0.468 e. The van der Waals surface area contributed by atoms with Crippen LogP contribution in [0.1, 0.15) is 39.5 Å². The van der Waals surface area contributed by atoms with Gasteiger partial charge in [0.05, 0.1) is 7.11 Å². The van der Waals surface area contributed by atoms with Crippen LogP contribution in [-0.4, -0.2) is 43.2 Å². The third kappa shape index (κ3) is 4.64. The van der Waals surface area contributed by atoms with Gasteiger partial charge in [-0.3, -0.25) is 4.79 Å². The normalized spacial score (nSPS) is 26.0. The van der Waals surface area contributed by atoms with Gasteiger partial charge in [0.15, 0.2) is 0 Å². The van der Waals surface area contributed by atoms with E-state index in [4.69, 9.17) is 10.5 Å². The zero-order chi connectivity index (χ0) is 12.9. The van der Waals surface area contributed by atoms with Crippen molar-refractivity contribution in [2.45, 2.75) is 45.1 Å². The van der Waals surface area contributed by atoms with E-state index >= 15 is 0 Å². The van der Waals surface area contributed by atoms with Gasteiger partial charge in [-0.15, -0.1) is 0 Å². The molecule has 0 spiro atoms. The Morgan fingerprint density at radius 1 is 1.47 bits per heavy atom. The summed E-state index contributed by atoms with van der Waals surface area (Å²) in [4.78, 5) is 13.9. The average molecular weight is 242 g/mol. The highest BCUT2D eigenvalue weighted by molar-refractivity contribution is 5.79. The molecule has 4 nitrogen and oxygen atoms in total. The average Bonchev–Trinajstić information content (AvgIpc) is 2.50. The van der Waals surface area contributed by atoms with Crippen LogP contribution in [0.2, 0.25) is 0 Å². The second kappa shape index (κ2) is 6.36. The lowest BCUT2D eigenvalue weighted by Gasteiger charge is -2.26. The fourth-order valence-electron chi connectivity index (χ4n) is 2.27. The Morgan fingerprint density at radius 3 is 2.82 bits per heavy atom. The van der Waals surface area contributed by atoms with Crippen molar-refractivity contribution in [1.29, 1.82) is 0 Å². The fourth-order valence-corrected chi connectivity index (χ4v) is 2.27. The van der Waals surface area contributed by atoms with Crippen molar-refractivity contribution in [3.8, 4) is 0 Å². The molecule has 0 aromatic carbocycles. The first-order valence-corrected chi connectivity index (χ1v) is 6.55. The van der Waals surface area contributed by atoms with E-state index in [1.54, 1.807) is 6.92 Å². The van der Waals surface area contributed by atoms with Crippen LogP contribution in [0.15, 0.2) is 0 Å². The van der Waals surface area contributed by atoms with Gasteiger partial charge in [0.2, 0.25) is 0 Å². The number of nitrogens with two attached hydrogens (primary N) is 1. The highest BCUT2D eigenvalue weighted by atomic mass is 16.5. The maximum absolute atomic E-state index is 11.5. The third-order valence-corrected chi connectivity index (χ3v) is 3.71. The monoisotopic (exact) mass is 242 g/mol. The molecule has 100 valence electrons. The molecule has 0 saturated carbocycles. The summed E-state index contributed by atoms with van der Waals surface area (Å²) in [6.07, 6.45) is 4.47. The van der Waals surface area contributed by atoms with E-state index in [0.29, 0.717) is 6.42 Å². The molecule has 2 atom stereocenters. The number of hydrogen-bond acceptors (Lipinski definition) is 4. The van der Waals surface area contributed by atoms with Crippen molar-refractivity contribution in [2.75, 3.05) is 26.7 Å². The predicted molar refractivity (Wildman–Crippen MR) is 68.7 cm³/mol. The van der Waals surface area contributed by atoms with Crippen LogP contribution in [0.5, 0.6) is 0 Å². The van der Waals surface area contributed by atoms with Gasteiger partial charge in [-0.25, -0.2) is 0 Å². The highest BCUT2D eigenvalue weighted by Crippen LogP contribution is 2.18.